The number of rotatable bonds is 0. The number of allylic oxidation sites excluding steroid dienone is 6. The summed E-state index contributed by atoms with van der Waals surface area (Å²) >= 11 is 0. The zero-order valence-electron chi connectivity index (χ0n) is 12.3. The van der Waals surface area contributed by atoms with Crippen LogP contribution in [0.25, 0.3) is 0 Å². The second-order valence-electron chi connectivity index (χ2n) is 7.85. The van der Waals surface area contributed by atoms with E-state index < -0.39 is 0 Å². The molecule has 0 spiro atoms. The van der Waals surface area contributed by atoms with E-state index in [9.17, 15) is 0 Å². The van der Waals surface area contributed by atoms with Gasteiger partial charge in [-0.2, -0.15) is 0 Å². The van der Waals surface area contributed by atoms with E-state index in [0.717, 1.165) is 23.7 Å². The minimum atomic E-state index is 0.446. The van der Waals surface area contributed by atoms with Crippen LogP contribution in [-0.4, -0.2) is 0 Å². The Morgan fingerprint density at radius 3 is 2.74 bits per heavy atom. The summed E-state index contributed by atoms with van der Waals surface area (Å²) in [6, 6.07) is 0. The number of fused-ring (bicyclic) bond motifs is 5. The largest absolute Gasteiger partial charge is 0.0877 e. The van der Waals surface area contributed by atoms with Crippen LogP contribution in [0, 0.1) is 34.5 Å². The first kappa shape index (κ1) is 12.0. The molecule has 0 heterocycles. The van der Waals surface area contributed by atoms with Gasteiger partial charge in [0.1, 0.15) is 0 Å². The Hall–Kier alpha value is -0.780. The predicted octanol–water partition coefficient (Wildman–Crippen LogP) is 5.14. The molecule has 2 fully saturated rings. The summed E-state index contributed by atoms with van der Waals surface area (Å²) in [7, 11) is 0. The summed E-state index contributed by atoms with van der Waals surface area (Å²) < 4.78 is 0. The van der Waals surface area contributed by atoms with Crippen LogP contribution in [0.15, 0.2) is 36.5 Å². The molecule has 19 heavy (non-hydrogen) atoms. The highest BCUT2D eigenvalue weighted by molar-refractivity contribution is 5.25. The highest BCUT2D eigenvalue weighted by atomic mass is 14.6. The Morgan fingerprint density at radius 1 is 0.947 bits per heavy atom. The molecule has 0 aliphatic heterocycles. The lowest BCUT2D eigenvalue weighted by Gasteiger charge is -2.57. The molecule has 6 atom stereocenters. The summed E-state index contributed by atoms with van der Waals surface area (Å²) in [5.74, 6) is 3.62. The maximum absolute atomic E-state index is 2.54. The Labute approximate surface area is 117 Å². The van der Waals surface area contributed by atoms with Gasteiger partial charge < -0.3 is 0 Å². The van der Waals surface area contributed by atoms with Crippen LogP contribution in [0.1, 0.15) is 46.0 Å². The first-order valence-corrected chi connectivity index (χ1v) is 8.17. The van der Waals surface area contributed by atoms with E-state index in [1.54, 1.807) is 0 Å². The van der Waals surface area contributed by atoms with Crippen LogP contribution in [0.4, 0.5) is 0 Å². The summed E-state index contributed by atoms with van der Waals surface area (Å²) in [6.07, 6.45) is 21.7. The van der Waals surface area contributed by atoms with E-state index in [0.29, 0.717) is 10.8 Å². The molecule has 0 N–H and O–H groups in total. The summed E-state index contributed by atoms with van der Waals surface area (Å²) in [5.41, 5.74) is 0.972. The zero-order valence-corrected chi connectivity index (χ0v) is 12.3. The van der Waals surface area contributed by atoms with Gasteiger partial charge in [0.2, 0.25) is 0 Å². The van der Waals surface area contributed by atoms with Gasteiger partial charge in [-0.1, -0.05) is 50.3 Å². The molecule has 4 aliphatic carbocycles. The van der Waals surface area contributed by atoms with Gasteiger partial charge in [0.05, 0.1) is 0 Å². The molecule has 0 aromatic rings. The fourth-order valence-corrected chi connectivity index (χ4v) is 5.91. The molecular weight excluding hydrogens is 228 g/mol. The molecule has 0 aromatic carbocycles. The minimum absolute atomic E-state index is 0.446. The fourth-order valence-electron chi connectivity index (χ4n) is 5.91. The van der Waals surface area contributed by atoms with Crippen molar-refractivity contribution in [2.45, 2.75) is 46.0 Å². The van der Waals surface area contributed by atoms with Crippen molar-refractivity contribution in [3.63, 3.8) is 0 Å². The standard InChI is InChI=1S/C19H26/c1-18-11-5-7-16(18)15-9-8-14-6-3-4-12-19(14,2)17(15)10-13-18/h3-6,11-12,14-17H,7-10,13H2,1-2H3. The summed E-state index contributed by atoms with van der Waals surface area (Å²) in [6.45, 7) is 5.06. The van der Waals surface area contributed by atoms with E-state index in [-0.39, 0.29) is 0 Å². The first-order valence-electron chi connectivity index (χ1n) is 8.17. The van der Waals surface area contributed by atoms with Gasteiger partial charge in [-0.3, -0.25) is 0 Å². The van der Waals surface area contributed by atoms with Gasteiger partial charge in [-0.05, 0) is 66.6 Å². The average Bonchev–Trinajstić information content (AvgIpc) is 2.79. The van der Waals surface area contributed by atoms with E-state index in [1.807, 2.05) is 0 Å². The van der Waals surface area contributed by atoms with Gasteiger partial charge in [0.15, 0.2) is 0 Å². The molecule has 0 saturated heterocycles. The van der Waals surface area contributed by atoms with Crippen LogP contribution in [-0.2, 0) is 0 Å². The molecule has 0 nitrogen and oxygen atoms in total. The Morgan fingerprint density at radius 2 is 1.84 bits per heavy atom. The lowest BCUT2D eigenvalue weighted by atomic mass is 9.47. The molecule has 0 aromatic heterocycles. The lowest BCUT2D eigenvalue weighted by molar-refractivity contribution is -0.0443. The van der Waals surface area contributed by atoms with Gasteiger partial charge in [0.25, 0.3) is 0 Å². The molecule has 102 valence electrons. The summed E-state index contributed by atoms with van der Waals surface area (Å²) in [4.78, 5) is 0. The monoisotopic (exact) mass is 254 g/mol. The molecule has 2 saturated carbocycles. The van der Waals surface area contributed by atoms with Crippen molar-refractivity contribution >= 4 is 0 Å². The van der Waals surface area contributed by atoms with E-state index in [4.69, 9.17) is 0 Å². The Bertz CT molecular complexity index is 468. The van der Waals surface area contributed by atoms with Crippen molar-refractivity contribution in [3.05, 3.63) is 36.5 Å². The Balaban J connectivity index is 1.69. The molecular formula is C19H26. The van der Waals surface area contributed by atoms with Crippen LogP contribution in [0.2, 0.25) is 0 Å². The van der Waals surface area contributed by atoms with E-state index >= 15 is 0 Å². The first-order chi connectivity index (χ1) is 9.13. The smallest absolute Gasteiger partial charge is 0.00496 e. The lowest BCUT2D eigenvalue weighted by Crippen LogP contribution is -2.50. The third-order valence-corrected chi connectivity index (χ3v) is 7.08. The van der Waals surface area contributed by atoms with Crippen molar-refractivity contribution in [2.75, 3.05) is 0 Å². The van der Waals surface area contributed by atoms with Gasteiger partial charge in [-0.15, -0.1) is 0 Å². The molecule has 0 amide bonds. The van der Waals surface area contributed by atoms with Crippen LogP contribution in [0.5, 0.6) is 0 Å². The fraction of sp³-hybridized carbons (Fsp3) is 0.684. The Kier molecular flexibility index (Phi) is 2.44. The average molecular weight is 254 g/mol. The van der Waals surface area contributed by atoms with Crippen molar-refractivity contribution < 1.29 is 0 Å². The van der Waals surface area contributed by atoms with E-state index in [2.05, 4.69) is 50.3 Å². The van der Waals surface area contributed by atoms with Gasteiger partial charge in [-0.25, -0.2) is 0 Å². The molecule has 4 rings (SSSR count). The number of hydrogen-bond donors (Lipinski definition) is 0. The van der Waals surface area contributed by atoms with Gasteiger partial charge in [0, 0.05) is 0 Å². The molecule has 0 radical (unpaired) electrons. The maximum Gasteiger partial charge on any atom is -0.00496 e. The predicted molar refractivity (Wildman–Crippen MR) is 80.7 cm³/mol. The third kappa shape index (κ3) is 1.52. The second kappa shape index (κ2) is 3.87. The SMILES string of the molecule is CC12C=CCC1C1CCC3C=CC=CC3(C)C1CC2. The van der Waals surface area contributed by atoms with Crippen molar-refractivity contribution in [1.82, 2.24) is 0 Å². The van der Waals surface area contributed by atoms with E-state index in [1.165, 1.54) is 32.1 Å². The number of hydrogen-bond acceptors (Lipinski definition) is 0. The van der Waals surface area contributed by atoms with Crippen molar-refractivity contribution in [2.24, 2.45) is 34.5 Å². The highest BCUT2D eigenvalue weighted by Gasteiger charge is 2.54. The van der Waals surface area contributed by atoms with Gasteiger partial charge >= 0.3 is 0 Å². The van der Waals surface area contributed by atoms with Crippen LogP contribution in [0.3, 0.4) is 0 Å². The minimum Gasteiger partial charge on any atom is -0.0877 e. The van der Waals surface area contributed by atoms with Crippen molar-refractivity contribution in [1.29, 1.82) is 0 Å². The molecule has 0 heteroatoms. The molecule has 0 bridgehead atoms. The normalized spacial score (nSPS) is 54.6. The summed E-state index contributed by atoms with van der Waals surface area (Å²) in [5, 5.41) is 0. The topological polar surface area (TPSA) is 0 Å². The highest BCUT2D eigenvalue weighted by Crippen LogP contribution is 2.63. The second-order valence-corrected chi connectivity index (χ2v) is 7.85. The van der Waals surface area contributed by atoms with Crippen LogP contribution >= 0.6 is 0 Å². The van der Waals surface area contributed by atoms with Crippen molar-refractivity contribution in [3.8, 4) is 0 Å². The van der Waals surface area contributed by atoms with Crippen LogP contribution < -0.4 is 0 Å². The quantitative estimate of drug-likeness (QED) is 0.525. The maximum atomic E-state index is 2.54. The zero-order chi connectivity index (χ0) is 13.1. The molecule has 6 unspecified atom stereocenters. The molecule has 4 aliphatic rings. The third-order valence-electron chi connectivity index (χ3n) is 7.08.